The zero-order chi connectivity index (χ0) is 10.7. The Labute approximate surface area is 87.0 Å². The maximum Gasteiger partial charge on any atom is 0.251 e. The van der Waals surface area contributed by atoms with Crippen LogP contribution in [0.15, 0.2) is 6.07 Å². The first-order chi connectivity index (χ1) is 6.60. The summed E-state index contributed by atoms with van der Waals surface area (Å²) in [6, 6.07) is 0.970. The molecule has 1 aromatic rings. The van der Waals surface area contributed by atoms with Crippen LogP contribution in [0.5, 0.6) is 5.88 Å². The molecule has 1 aromatic heterocycles. The van der Waals surface area contributed by atoms with Gasteiger partial charge in [-0.3, -0.25) is 0 Å². The zero-order valence-electron chi connectivity index (χ0n) is 8.05. The number of pyridine rings is 1. The molecule has 0 fully saturated rings. The van der Waals surface area contributed by atoms with Crippen LogP contribution in [-0.4, -0.2) is 12.1 Å². The van der Waals surface area contributed by atoms with Gasteiger partial charge in [0.15, 0.2) is 5.82 Å². The topological polar surface area (TPSA) is 48.1 Å². The number of halogens is 2. The maximum absolute atomic E-state index is 13.2. The maximum atomic E-state index is 13.2. The molecule has 0 spiro atoms. The molecule has 1 rings (SSSR count). The van der Waals surface area contributed by atoms with E-state index in [0.29, 0.717) is 12.0 Å². The molecule has 2 N–H and O–H groups in total. The number of nitrogens with two attached hydrogens (primary N) is 1. The first-order valence-electron chi connectivity index (χ1n) is 4.25. The van der Waals surface area contributed by atoms with E-state index < -0.39 is 5.82 Å². The monoisotopic (exact) mass is 218 g/mol. The summed E-state index contributed by atoms with van der Waals surface area (Å²) in [7, 11) is 1.33. The lowest BCUT2D eigenvalue weighted by atomic mass is 10.1. The Morgan fingerprint density at radius 1 is 1.71 bits per heavy atom. The van der Waals surface area contributed by atoms with Gasteiger partial charge in [0.2, 0.25) is 0 Å². The largest absolute Gasteiger partial charge is 0.479 e. The zero-order valence-corrected chi connectivity index (χ0v) is 8.81. The van der Waals surface area contributed by atoms with Crippen LogP contribution in [0.4, 0.5) is 4.39 Å². The standard InChI is InChI=1S/C9H12ClFN2O/c1-3-7(12)5-4-6(11)9(14-2)13-8(5)10/h4,7H,3,12H2,1-2H3. The SMILES string of the molecule is CCC(N)c1cc(F)c(OC)nc1Cl. The van der Waals surface area contributed by atoms with Gasteiger partial charge in [0, 0.05) is 11.6 Å². The van der Waals surface area contributed by atoms with Gasteiger partial charge in [0.05, 0.1) is 7.11 Å². The number of nitrogens with zero attached hydrogens (tertiary/aromatic N) is 1. The second-order valence-electron chi connectivity index (χ2n) is 2.87. The highest BCUT2D eigenvalue weighted by molar-refractivity contribution is 6.30. The van der Waals surface area contributed by atoms with Crippen molar-refractivity contribution in [3.63, 3.8) is 0 Å². The molecule has 1 heterocycles. The predicted molar refractivity (Wildman–Crippen MR) is 53.0 cm³/mol. The lowest BCUT2D eigenvalue weighted by molar-refractivity contribution is 0.368. The molecule has 78 valence electrons. The van der Waals surface area contributed by atoms with E-state index in [9.17, 15) is 4.39 Å². The quantitative estimate of drug-likeness (QED) is 0.792. The number of rotatable bonds is 3. The van der Waals surface area contributed by atoms with E-state index in [1.165, 1.54) is 13.2 Å². The van der Waals surface area contributed by atoms with Crippen molar-refractivity contribution in [1.29, 1.82) is 0 Å². The average molecular weight is 219 g/mol. The van der Waals surface area contributed by atoms with Gasteiger partial charge >= 0.3 is 0 Å². The summed E-state index contributed by atoms with van der Waals surface area (Å²) in [4.78, 5) is 3.75. The van der Waals surface area contributed by atoms with Gasteiger partial charge in [-0.2, -0.15) is 4.98 Å². The van der Waals surface area contributed by atoms with Gasteiger partial charge in [0.1, 0.15) is 5.15 Å². The van der Waals surface area contributed by atoms with Crippen molar-refractivity contribution in [2.24, 2.45) is 5.73 Å². The van der Waals surface area contributed by atoms with Crippen LogP contribution >= 0.6 is 11.6 Å². The van der Waals surface area contributed by atoms with Gasteiger partial charge in [-0.15, -0.1) is 0 Å². The Bertz CT molecular complexity index is 333. The Morgan fingerprint density at radius 3 is 2.86 bits per heavy atom. The Hall–Kier alpha value is -0.870. The van der Waals surface area contributed by atoms with Crippen molar-refractivity contribution in [3.05, 3.63) is 22.6 Å². The molecule has 1 atom stereocenters. The summed E-state index contributed by atoms with van der Waals surface area (Å²) < 4.78 is 17.9. The normalized spacial score (nSPS) is 12.6. The predicted octanol–water partition coefficient (Wildman–Crippen LogP) is 2.29. The van der Waals surface area contributed by atoms with E-state index in [1.807, 2.05) is 6.92 Å². The molecule has 0 amide bonds. The fourth-order valence-corrected chi connectivity index (χ4v) is 1.36. The van der Waals surface area contributed by atoms with E-state index >= 15 is 0 Å². The van der Waals surface area contributed by atoms with E-state index in [2.05, 4.69) is 9.72 Å². The minimum absolute atomic E-state index is 0.109. The molecule has 0 aliphatic carbocycles. The summed E-state index contributed by atoms with van der Waals surface area (Å²) in [6.07, 6.45) is 0.674. The molecule has 0 aliphatic heterocycles. The summed E-state index contributed by atoms with van der Waals surface area (Å²) in [5, 5.41) is 0.192. The molecule has 3 nitrogen and oxygen atoms in total. The lowest BCUT2D eigenvalue weighted by Gasteiger charge is -2.11. The second-order valence-corrected chi connectivity index (χ2v) is 3.23. The third kappa shape index (κ3) is 2.13. The summed E-state index contributed by atoms with van der Waals surface area (Å²) in [6.45, 7) is 1.89. The number of hydrogen-bond donors (Lipinski definition) is 1. The van der Waals surface area contributed by atoms with Crippen LogP contribution in [0.2, 0.25) is 5.15 Å². The van der Waals surface area contributed by atoms with Crippen LogP contribution in [0, 0.1) is 5.82 Å². The summed E-state index contributed by atoms with van der Waals surface area (Å²) >= 11 is 5.82. The lowest BCUT2D eigenvalue weighted by Crippen LogP contribution is -2.11. The van der Waals surface area contributed by atoms with Crippen molar-refractivity contribution in [1.82, 2.24) is 4.98 Å². The molecule has 1 unspecified atom stereocenters. The molecule has 14 heavy (non-hydrogen) atoms. The van der Waals surface area contributed by atoms with Gasteiger partial charge in [-0.05, 0) is 12.5 Å². The third-order valence-electron chi connectivity index (χ3n) is 1.96. The smallest absolute Gasteiger partial charge is 0.251 e. The highest BCUT2D eigenvalue weighted by Crippen LogP contribution is 2.26. The third-order valence-corrected chi connectivity index (χ3v) is 2.26. The van der Waals surface area contributed by atoms with Gasteiger partial charge in [0.25, 0.3) is 5.88 Å². The average Bonchev–Trinajstić information content (AvgIpc) is 2.19. The molecular formula is C9H12ClFN2O. The van der Waals surface area contributed by atoms with Crippen LogP contribution < -0.4 is 10.5 Å². The second kappa shape index (κ2) is 4.57. The van der Waals surface area contributed by atoms with Crippen molar-refractivity contribution >= 4 is 11.6 Å². The van der Waals surface area contributed by atoms with Crippen LogP contribution in [0.25, 0.3) is 0 Å². The van der Waals surface area contributed by atoms with E-state index in [4.69, 9.17) is 17.3 Å². The Kier molecular flexibility index (Phi) is 3.66. The van der Waals surface area contributed by atoms with Crippen LogP contribution in [0.1, 0.15) is 24.9 Å². The van der Waals surface area contributed by atoms with Gasteiger partial charge in [-0.25, -0.2) is 4.39 Å². The molecule has 0 aromatic carbocycles. The number of aromatic nitrogens is 1. The van der Waals surface area contributed by atoms with Crippen LogP contribution in [-0.2, 0) is 0 Å². The summed E-state index contributed by atoms with van der Waals surface area (Å²) in [5.74, 6) is -0.655. The molecule has 0 bridgehead atoms. The molecule has 0 radical (unpaired) electrons. The van der Waals surface area contributed by atoms with Crippen molar-refractivity contribution < 1.29 is 9.13 Å². The molecule has 5 heteroatoms. The van der Waals surface area contributed by atoms with Gasteiger partial charge < -0.3 is 10.5 Å². The minimum atomic E-state index is -0.546. The van der Waals surface area contributed by atoms with Crippen molar-refractivity contribution in [3.8, 4) is 5.88 Å². The van der Waals surface area contributed by atoms with E-state index in [1.54, 1.807) is 0 Å². The Balaban J connectivity index is 3.14. The van der Waals surface area contributed by atoms with Crippen molar-refractivity contribution in [2.45, 2.75) is 19.4 Å². The fourth-order valence-electron chi connectivity index (χ4n) is 1.09. The van der Waals surface area contributed by atoms with E-state index in [-0.39, 0.29) is 17.1 Å². The molecule has 0 saturated heterocycles. The highest BCUT2D eigenvalue weighted by Gasteiger charge is 2.14. The highest BCUT2D eigenvalue weighted by atomic mass is 35.5. The molecule has 0 aliphatic rings. The van der Waals surface area contributed by atoms with Crippen molar-refractivity contribution in [2.75, 3.05) is 7.11 Å². The first kappa shape index (κ1) is 11.2. The molecule has 0 saturated carbocycles. The number of hydrogen-bond acceptors (Lipinski definition) is 3. The summed E-state index contributed by atoms with van der Waals surface area (Å²) in [5.41, 5.74) is 6.23. The van der Waals surface area contributed by atoms with E-state index in [0.717, 1.165) is 0 Å². The fraction of sp³-hybridized carbons (Fsp3) is 0.444. The van der Waals surface area contributed by atoms with Gasteiger partial charge in [-0.1, -0.05) is 18.5 Å². The molecular weight excluding hydrogens is 207 g/mol. The number of methoxy groups -OCH3 is 1. The Morgan fingerprint density at radius 2 is 2.36 bits per heavy atom. The first-order valence-corrected chi connectivity index (χ1v) is 4.63. The minimum Gasteiger partial charge on any atom is -0.479 e. The number of ether oxygens (including phenoxy) is 1. The van der Waals surface area contributed by atoms with Crippen LogP contribution in [0.3, 0.4) is 0 Å².